The van der Waals surface area contributed by atoms with Crippen LogP contribution in [0.5, 0.6) is 0 Å². The van der Waals surface area contributed by atoms with Gasteiger partial charge in [-0.05, 0) is 352 Å². The number of nitrogens with two attached hydrogens (primary N) is 1. The van der Waals surface area contributed by atoms with Crippen molar-refractivity contribution in [2.24, 2.45) is 23.7 Å². The van der Waals surface area contributed by atoms with Gasteiger partial charge in [-0.3, -0.25) is 29.8 Å². The molecular formula is C87H120Cl8N12O6. The van der Waals surface area contributed by atoms with Crippen LogP contribution < -0.4 is 31.1 Å². The lowest BCUT2D eigenvalue weighted by atomic mass is 9.92. The van der Waals surface area contributed by atoms with Crippen LogP contribution in [0.15, 0.2) is 121 Å². The molecule has 8 fully saturated rings. The van der Waals surface area contributed by atoms with Gasteiger partial charge in [0.25, 0.3) is 22.5 Å². The molecule has 0 unspecified atom stereocenters. The number of hydrogen-bond donors (Lipinski definition) is 3. The first-order chi connectivity index (χ1) is 54.2. The first kappa shape index (κ1) is 93.1. The maximum absolute atomic E-state index is 12.8. The molecule has 18 nitrogen and oxygen atoms in total. The van der Waals surface area contributed by atoms with Crippen LogP contribution in [0.3, 0.4) is 0 Å². The predicted molar refractivity (Wildman–Crippen MR) is 476 cm³/mol. The van der Waals surface area contributed by atoms with Crippen molar-refractivity contribution in [3.63, 3.8) is 0 Å². The molecule has 8 aliphatic rings. The Hall–Kier alpha value is -5.42. The van der Waals surface area contributed by atoms with Crippen molar-refractivity contribution in [3.8, 4) is 0 Å². The van der Waals surface area contributed by atoms with Crippen LogP contribution >= 0.6 is 92.8 Å². The third-order valence-electron chi connectivity index (χ3n) is 23.1. The molecule has 0 bridgehead atoms. The Kier molecular flexibility index (Phi) is 41.5. The minimum atomic E-state index is -0.575. The molecule has 113 heavy (non-hydrogen) atoms. The standard InChI is InChI=1S/C25H31Cl2N3O.C18H26ClN3O2.C18H28ClN3.C12H24N2.C7H4Cl2O.C6H3Cl2NO2.CH4/c26-21-6-4-5-20(17-21)25(31)28-23-18-22(27)7-8-24(23)30-15-10-19(11-16-30)9-14-29-12-2-1-3-13-29;19-16-4-5-17(18(14-16)22(23)24)21-12-7-15(8-13-21)6-11-20-9-2-1-3-10-20;19-16-4-5-18(17(20)14-16)22-12-7-15(8-13-22)6-11-21-9-2-1-3-10-21;1-2-9-14(10-3-1)11-6-12-4-7-13-8-5-12;8-6-3-1-2-5(4-6)7(9)10;7-4-1-2-5(8)6(3-4)9(10)11;/h4-8,17-19H,1-3,9-16H2,(H,28,31);4-5,14-15H,1-3,6-13H2;4-5,14-15H,1-3,6-13,20H2;12-13H,1-11H2;1-4H;1-3H;1H4. The first-order valence-electron chi connectivity index (χ1n) is 41.0. The third kappa shape index (κ3) is 32.8. The van der Waals surface area contributed by atoms with Gasteiger partial charge in [-0.15, -0.1) is 0 Å². The average Bonchev–Trinajstić information content (AvgIpc) is 0.829. The minimum absolute atomic E-state index is 0. The normalized spacial score (nSPS) is 18.5. The summed E-state index contributed by atoms with van der Waals surface area (Å²) in [4.78, 5) is 61.4. The van der Waals surface area contributed by atoms with E-state index >= 15 is 0 Å². The van der Waals surface area contributed by atoms with Gasteiger partial charge in [0.2, 0.25) is 0 Å². The monoisotopic (exact) mass is 1710 g/mol. The molecule has 14 rings (SSSR count). The van der Waals surface area contributed by atoms with Gasteiger partial charge in [0.05, 0.1) is 32.6 Å². The summed E-state index contributed by atoms with van der Waals surface area (Å²) in [5, 5.41) is 30.7. The van der Waals surface area contributed by atoms with Crippen LogP contribution in [0.25, 0.3) is 0 Å². The van der Waals surface area contributed by atoms with Gasteiger partial charge in [0.15, 0.2) is 0 Å². The molecule has 0 atom stereocenters. The molecular weight excluding hydrogens is 1590 g/mol. The highest BCUT2D eigenvalue weighted by atomic mass is 35.5. The first-order valence-corrected chi connectivity index (χ1v) is 44.0. The van der Waals surface area contributed by atoms with Gasteiger partial charge >= 0.3 is 0 Å². The number of piperidine rings is 8. The molecule has 620 valence electrons. The van der Waals surface area contributed by atoms with E-state index in [0.717, 1.165) is 104 Å². The lowest BCUT2D eigenvalue weighted by molar-refractivity contribution is -0.384. The van der Waals surface area contributed by atoms with E-state index in [9.17, 15) is 29.8 Å². The lowest BCUT2D eigenvalue weighted by Crippen LogP contribution is -2.36. The zero-order valence-electron chi connectivity index (χ0n) is 65.0. The van der Waals surface area contributed by atoms with Crippen LogP contribution in [0.1, 0.15) is 182 Å². The van der Waals surface area contributed by atoms with Crippen LogP contribution in [0.2, 0.25) is 35.2 Å². The second-order valence-corrected chi connectivity index (χ2v) is 34.5. The van der Waals surface area contributed by atoms with Crippen LogP contribution in [-0.4, -0.2) is 171 Å². The quantitative estimate of drug-likeness (QED) is 0.0283. The number of nitro benzene ring substituents is 2. The molecule has 0 saturated carbocycles. The number of amides is 1. The number of anilines is 5. The van der Waals surface area contributed by atoms with Crippen LogP contribution in [-0.2, 0) is 0 Å². The van der Waals surface area contributed by atoms with Crippen molar-refractivity contribution in [3.05, 3.63) is 188 Å². The smallest absolute Gasteiger partial charge is 0.294 e. The number of carbonyl (C=O) groups excluding carboxylic acids is 2. The average molecular weight is 1710 g/mol. The second kappa shape index (κ2) is 50.4. The lowest BCUT2D eigenvalue weighted by Gasteiger charge is -2.36. The van der Waals surface area contributed by atoms with E-state index in [0.29, 0.717) is 41.9 Å². The van der Waals surface area contributed by atoms with Gasteiger partial charge in [0.1, 0.15) is 10.7 Å². The fourth-order valence-electron chi connectivity index (χ4n) is 16.4. The number of nitro groups is 2. The number of halogens is 8. The number of benzene rings is 6. The molecule has 0 radical (unpaired) electrons. The fraction of sp³-hybridized carbons (Fsp3) is 0.563. The van der Waals surface area contributed by atoms with E-state index in [1.807, 2.05) is 30.3 Å². The number of nitrogen functional groups attached to an aromatic ring is 1. The number of rotatable bonds is 20. The van der Waals surface area contributed by atoms with Crippen molar-refractivity contribution in [2.45, 2.75) is 162 Å². The van der Waals surface area contributed by atoms with Crippen molar-refractivity contribution < 1.29 is 19.4 Å². The molecule has 4 N–H and O–H groups in total. The van der Waals surface area contributed by atoms with Gasteiger partial charge in [-0.25, -0.2) is 0 Å². The van der Waals surface area contributed by atoms with Gasteiger partial charge in [-0.1, -0.05) is 126 Å². The SMILES string of the molecule is C.C1CCN(CCC2CCNCC2)CC1.Nc1cc(Cl)ccc1N1CCC(CCN2CCCCC2)CC1.O=C(Cl)c1cccc(Cl)c1.O=C(Nc1cc(Cl)ccc1N1CCC(CCN2CCCCC2)CC1)c1cccc(Cl)c1.O=[N+]([O-])c1cc(Cl)ccc1Cl.O=[N+]([O-])c1cc(Cl)ccc1N1CCC(CCN2CCCCC2)CC1. The molecule has 0 aromatic heterocycles. The summed E-state index contributed by atoms with van der Waals surface area (Å²) in [5.74, 6) is 3.25. The van der Waals surface area contributed by atoms with E-state index in [2.05, 4.69) is 51.0 Å². The Labute approximate surface area is 712 Å². The number of hydrogen-bond acceptors (Lipinski definition) is 15. The number of likely N-dealkylation sites (tertiary alicyclic amines) is 4. The van der Waals surface area contributed by atoms with Crippen LogP contribution in [0.4, 0.5) is 39.8 Å². The summed E-state index contributed by atoms with van der Waals surface area (Å²) in [5.41, 5.74) is 11.5. The molecule has 8 aliphatic heterocycles. The van der Waals surface area contributed by atoms with Gasteiger partial charge in [0, 0.05) is 92.7 Å². The number of nitrogens with one attached hydrogen (secondary N) is 2. The highest BCUT2D eigenvalue weighted by Gasteiger charge is 2.29. The Morgan fingerprint density at radius 2 is 0.735 bits per heavy atom. The maximum Gasteiger partial charge on any atom is 0.294 e. The largest absolute Gasteiger partial charge is 0.397 e. The maximum atomic E-state index is 12.8. The zero-order valence-corrected chi connectivity index (χ0v) is 71.1. The predicted octanol–water partition coefficient (Wildman–Crippen LogP) is 22.8. The molecule has 8 heterocycles. The van der Waals surface area contributed by atoms with Gasteiger partial charge < -0.3 is 50.7 Å². The molecule has 0 aliphatic carbocycles. The highest BCUT2D eigenvalue weighted by Crippen LogP contribution is 2.38. The molecule has 0 spiro atoms. The Balaban J connectivity index is 0.000000177. The van der Waals surface area contributed by atoms with Gasteiger partial charge in [-0.2, -0.15) is 0 Å². The molecule has 6 aromatic rings. The number of nitrogens with zero attached hydrogens (tertiary/aromatic N) is 9. The molecule has 6 aromatic carbocycles. The zero-order chi connectivity index (χ0) is 79.6. The van der Waals surface area contributed by atoms with E-state index in [1.165, 1.54) is 263 Å². The fourth-order valence-corrected chi connectivity index (χ4v) is 17.8. The molecule has 8 saturated heterocycles. The van der Waals surface area contributed by atoms with E-state index in [-0.39, 0.29) is 34.7 Å². The summed E-state index contributed by atoms with van der Waals surface area (Å²) in [6, 6.07) is 34.2. The summed E-state index contributed by atoms with van der Waals surface area (Å²) in [6.07, 6.45) is 32.1. The van der Waals surface area contributed by atoms with Crippen molar-refractivity contribution in [1.82, 2.24) is 24.9 Å². The summed E-state index contributed by atoms with van der Waals surface area (Å²) in [7, 11) is 0. The molecule has 26 heteroatoms. The summed E-state index contributed by atoms with van der Waals surface area (Å²) in [6.45, 7) is 24.1. The van der Waals surface area contributed by atoms with Crippen LogP contribution in [0, 0.1) is 43.9 Å². The van der Waals surface area contributed by atoms with Crippen molar-refractivity contribution in [1.29, 1.82) is 0 Å². The molecule has 1 amide bonds. The van der Waals surface area contributed by atoms with Crippen molar-refractivity contribution >= 4 is 144 Å². The number of carbonyl (C=O) groups is 2. The highest BCUT2D eigenvalue weighted by molar-refractivity contribution is 6.67. The minimum Gasteiger partial charge on any atom is -0.397 e. The van der Waals surface area contributed by atoms with E-state index in [4.69, 9.17) is 98.5 Å². The third-order valence-corrected chi connectivity index (χ3v) is 25.1. The topological polar surface area (TPSA) is 193 Å². The van der Waals surface area contributed by atoms with E-state index < -0.39 is 10.2 Å². The Morgan fingerprint density at radius 3 is 1.12 bits per heavy atom. The van der Waals surface area contributed by atoms with E-state index in [1.54, 1.807) is 54.6 Å². The Morgan fingerprint density at radius 1 is 0.398 bits per heavy atom. The Bertz CT molecular complexity index is 3830. The van der Waals surface area contributed by atoms with Crippen molar-refractivity contribution in [2.75, 3.05) is 157 Å². The summed E-state index contributed by atoms with van der Waals surface area (Å²) < 4.78 is 0. The second-order valence-electron chi connectivity index (χ2n) is 31.1. The summed E-state index contributed by atoms with van der Waals surface area (Å²) >= 11 is 45.9.